The van der Waals surface area contributed by atoms with Crippen LogP contribution >= 0.6 is 0 Å². The first-order valence-electron chi connectivity index (χ1n) is 7.34. The topological polar surface area (TPSA) is 26.3 Å². The lowest BCUT2D eigenvalue weighted by Gasteiger charge is -2.24. The van der Waals surface area contributed by atoms with Crippen LogP contribution in [0, 0.1) is 17.8 Å². The molecule has 1 aromatic rings. The zero-order valence-corrected chi connectivity index (χ0v) is 12.0. The van der Waals surface area contributed by atoms with Gasteiger partial charge >= 0.3 is 5.97 Å². The van der Waals surface area contributed by atoms with Gasteiger partial charge in [0.15, 0.2) is 0 Å². The SMILES string of the molecule is COC(=O)[C@@H](C)[C@H]1CCC[C@H]1CCc1ccccc1. The third kappa shape index (κ3) is 3.59. The molecule has 2 rings (SSSR count). The van der Waals surface area contributed by atoms with E-state index in [1.807, 2.05) is 6.92 Å². The van der Waals surface area contributed by atoms with Crippen molar-refractivity contribution >= 4 is 5.97 Å². The minimum Gasteiger partial charge on any atom is -0.469 e. The first kappa shape index (κ1) is 14.1. The molecule has 1 aliphatic carbocycles. The summed E-state index contributed by atoms with van der Waals surface area (Å²) in [5.74, 6) is 1.19. The van der Waals surface area contributed by atoms with Gasteiger partial charge in [0.2, 0.25) is 0 Å². The van der Waals surface area contributed by atoms with E-state index in [1.165, 1.54) is 38.4 Å². The van der Waals surface area contributed by atoms with Crippen molar-refractivity contribution in [3.05, 3.63) is 35.9 Å². The number of aryl methyl sites for hydroxylation is 1. The van der Waals surface area contributed by atoms with Gasteiger partial charge in [0.1, 0.15) is 0 Å². The van der Waals surface area contributed by atoms with Gasteiger partial charge in [-0.05, 0) is 36.7 Å². The predicted octanol–water partition coefficient (Wildman–Crippen LogP) is 3.84. The van der Waals surface area contributed by atoms with Crippen LogP contribution in [-0.4, -0.2) is 13.1 Å². The fraction of sp³-hybridized carbons (Fsp3) is 0.588. The molecule has 0 N–H and O–H groups in total. The van der Waals surface area contributed by atoms with E-state index in [0.717, 1.165) is 6.42 Å². The normalized spacial score (nSPS) is 24.1. The highest BCUT2D eigenvalue weighted by atomic mass is 16.5. The number of hydrogen-bond acceptors (Lipinski definition) is 2. The van der Waals surface area contributed by atoms with Crippen LogP contribution in [0.3, 0.4) is 0 Å². The van der Waals surface area contributed by atoms with Gasteiger partial charge in [-0.2, -0.15) is 0 Å². The number of benzene rings is 1. The molecule has 1 saturated carbocycles. The summed E-state index contributed by atoms with van der Waals surface area (Å²) < 4.78 is 4.90. The Labute approximate surface area is 116 Å². The van der Waals surface area contributed by atoms with Gasteiger partial charge in [0.25, 0.3) is 0 Å². The van der Waals surface area contributed by atoms with E-state index in [9.17, 15) is 4.79 Å². The molecule has 0 unspecified atom stereocenters. The zero-order chi connectivity index (χ0) is 13.7. The molecule has 0 aliphatic heterocycles. The maximum atomic E-state index is 11.7. The van der Waals surface area contributed by atoms with Crippen molar-refractivity contribution in [1.82, 2.24) is 0 Å². The van der Waals surface area contributed by atoms with Gasteiger partial charge in [0, 0.05) is 0 Å². The van der Waals surface area contributed by atoms with Crippen molar-refractivity contribution < 1.29 is 9.53 Å². The molecule has 0 radical (unpaired) electrons. The number of rotatable bonds is 5. The Bertz CT molecular complexity index is 399. The van der Waals surface area contributed by atoms with Crippen LogP contribution in [0.2, 0.25) is 0 Å². The number of esters is 1. The largest absolute Gasteiger partial charge is 0.469 e. The Morgan fingerprint density at radius 1 is 1.32 bits per heavy atom. The van der Waals surface area contributed by atoms with Crippen LogP contribution < -0.4 is 0 Å². The molecule has 0 heterocycles. The molecule has 0 amide bonds. The Kier molecular flexibility index (Phi) is 5.00. The highest BCUT2D eigenvalue weighted by Gasteiger charge is 2.34. The van der Waals surface area contributed by atoms with Gasteiger partial charge < -0.3 is 4.74 Å². The lowest BCUT2D eigenvalue weighted by Crippen LogP contribution is -2.25. The van der Waals surface area contributed by atoms with Gasteiger partial charge in [-0.1, -0.05) is 50.1 Å². The Balaban J connectivity index is 1.90. The molecule has 3 atom stereocenters. The Morgan fingerprint density at radius 2 is 2.05 bits per heavy atom. The summed E-state index contributed by atoms with van der Waals surface area (Å²) >= 11 is 0. The van der Waals surface area contributed by atoms with Crippen molar-refractivity contribution in [3.63, 3.8) is 0 Å². The van der Waals surface area contributed by atoms with E-state index < -0.39 is 0 Å². The number of ether oxygens (including phenoxy) is 1. The Hall–Kier alpha value is -1.31. The molecule has 1 fully saturated rings. The van der Waals surface area contributed by atoms with E-state index in [-0.39, 0.29) is 11.9 Å². The maximum absolute atomic E-state index is 11.7. The molecule has 0 aromatic heterocycles. The first-order valence-corrected chi connectivity index (χ1v) is 7.34. The molecule has 0 spiro atoms. The van der Waals surface area contributed by atoms with E-state index in [2.05, 4.69) is 30.3 Å². The highest BCUT2D eigenvalue weighted by molar-refractivity contribution is 5.72. The van der Waals surface area contributed by atoms with Crippen molar-refractivity contribution in [2.75, 3.05) is 7.11 Å². The summed E-state index contributed by atoms with van der Waals surface area (Å²) in [7, 11) is 1.49. The molecule has 0 bridgehead atoms. The summed E-state index contributed by atoms with van der Waals surface area (Å²) in [6.45, 7) is 2.03. The standard InChI is InChI=1S/C17H24O2/c1-13(17(18)19-2)16-10-6-9-15(16)12-11-14-7-4-3-5-8-14/h3-5,7-8,13,15-16H,6,9-12H2,1-2H3/t13-,15-,16+/m0/s1. The van der Waals surface area contributed by atoms with Crippen LogP contribution in [0.1, 0.15) is 38.2 Å². The minimum absolute atomic E-state index is 0.0448. The Morgan fingerprint density at radius 3 is 2.74 bits per heavy atom. The lowest BCUT2D eigenvalue weighted by atomic mass is 9.82. The molecule has 1 aliphatic rings. The average Bonchev–Trinajstić information content (AvgIpc) is 2.93. The second-order valence-electron chi connectivity index (χ2n) is 5.69. The maximum Gasteiger partial charge on any atom is 0.308 e. The van der Waals surface area contributed by atoms with Crippen LogP contribution in [0.4, 0.5) is 0 Å². The van der Waals surface area contributed by atoms with Gasteiger partial charge in [-0.15, -0.1) is 0 Å². The van der Waals surface area contributed by atoms with Gasteiger partial charge in [-0.25, -0.2) is 0 Å². The monoisotopic (exact) mass is 260 g/mol. The third-order valence-corrected chi connectivity index (χ3v) is 4.58. The molecule has 2 heteroatoms. The molecular formula is C17H24O2. The van der Waals surface area contributed by atoms with Gasteiger partial charge in [-0.3, -0.25) is 4.79 Å². The molecule has 1 aromatic carbocycles. The quantitative estimate of drug-likeness (QED) is 0.752. The number of hydrogen-bond donors (Lipinski definition) is 0. The van der Waals surface area contributed by atoms with Crippen LogP contribution in [0.25, 0.3) is 0 Å². The fourth-order valence-electron chi connectivity index (χ4n) is 3.44. The van der Waals surface area contributed by atoms with Crippen molar-refractivity contribution in [2.24, 2.45) is 17.8 Å². The third-order valence-electron chi connectivity index (χ3n) is 4.58. The summed E-state index contributed by atoms with van der Waals surface area (Å²) in [5.41, 5.74) is 1.40. The number of carbonyl (C=O) groups is 1. The second-order valence-corrected chi connectivity index (χ2v) is 5.69. The summed E-state index contributed by atoms with van der Waals surface area (Å²) in [6.07, 6.45) is 6.01. The highest BCUT2D eigenvalue weighted by Crippen LogP contribution is 2.39. The van der Waals surface area contributed by atoms with E-state index in [0.29, 0.717) is 11.8 Å². The van der Waals surface area contributed by atoms with Crippen molar-refractivity contribution in [2.45, 2.75) is 39.0 Å². The number of carbonyl (C=O) groups excluding carboxylic acids is 1. The summed E-state index contributed by atoms with van der Waals surface area (Å²) in [5, 5.41) is 0. The second kappa shape index (κ2) is 6.74. The van der Waals surface area contributed by atoms with Crippen LogP contribution in [0.15, 0.2) is 30.3 Å². The predicted molar refractivity (Wildman–Crippen MR) is 76.8 cm³/mol. The molecule has 0 saturated heterocycles. The summed E-state index contributed by atoms with van der Waals surface area (Å²) in [4.78, 5) is 11.7. The summed E-state index contributed by atoms with van der Waals surface area (Å²) in [6, 6.07) is 10.6. The van der Waals surface area contributed by atoms with Crippen LogP contribution in [0.5, 0.6) is 0 Å². The van der Waals surface area contributed by atoms with Crippen molar-refractivity contribution in [3.8, 4) is 0 Å². The molecule has 2 nitrogen and oxygen atoms in total. The number of methoxy groups -OCH3 is 1. The molecular weight excluding hydrogens is 236 g/mol. The first-order chi connectivity index (χ1) is 9.22. The zero-order valence-electron chi connectivity index (χ0n) is 12.0. The van der Waals surface area contributed by atoms with Crippen molar-refractivity contribution in [1.29, 1.82) is 0 Å². The average molecular weight is 260 g/mol. The van der Waals surface area contributed by atoms with E-state index in [1.54, 1.807) is 0 Å². The van der Waals surface area contributed by atoms with E-state index in [4.69, 9.17) is 4.74 Å². The molecule has 19 heavy (non-hydrogen) atoms. The molecule has 104 valence electrons. The minimum atomic E-state index is -0.0448. The smallest absolute Gasteiger partial charge is 0.308 e. The fourth-order valence-corrected chi connectivity index (χ4v) is 3.44. The lowest BCUT2D eigenvalue weighted by molar-refractivity contribution is -0.147. The van der Waals surface area contributed by atoms with E-state index >= 15 is 0 Å². The van der Waals surface area contributed by atoms with Gasteiger partial charge in [0.05, 0.1) is 13.0 Å². The van der Waals surface area contributed by atoms with Crippen LogP contribution in [-0.2, 0) is 16.0 Å².